The van der Waals surface area contributed by atoms with Gasteiger partial charge in [0.1, 0.15) is 11.8 Å². The van der Waals surface area contributed by atoms with Crippen LogP contribution in [-0.4, -0.2) is 6.10 Å². The quantitative estimate of drug-likeness (QED) is 0.749. The molecule has 2 atom stereocenters. The van der Waals surface area contributed by atoms with Crippen molar-refractivity contribution >= 4 is 0 Å². The molecule has 2 heteroatoms. The summed E-state index contributed by atoms with van der Waals surface area (Å²) in [5.41, 5.74) is 1.19. The Bertz CT molecular complexity index is 367. The number of nitrogens with zero attached hydrogens (tertiary/aromatic N) is 1. The monoisotopic (exact) mass is 217 g/mol. The van der Waals surface area contributed by atoms with Gasteiger partial charge in [0.25, 0.3) is 0 Å². The van der Waals surface area contributed by atoms with Gasteiger partial charge in [-0.25, -0.2) is 0 Å². The van der Waals surface area contributed by atoms with E-state index in [1.807, 2.05) is 25.1 Å². The van der Waals surface area contributed by atoms with E-state index < -0.39 is 0 Å². The van der Waals surface area contributed by atoms with E-state index in [4.69, 9.17) is 10.00 Å². The summed E-state index contributed by atoms with van der Waals surface area (Å²) in [4.78, 5) is 0. The normalized spacial score (nSPS) is 13.9. The van der Waals surface area contributed by atoms with Gasteiger partial charge < -0.3 is 4.74 Å². The minimum Gasteiger partial charge on any atom is -0.475 e. The Balaban J connectivity index is 2.91. The molecule has 2 unspecified atom stereocenters. The van der Waals surface area contributed by atoms with Gasteiger partial charge in [-0.15, -0.1) is 0 Å². The highest BCUT2D eigenvalue weighted by Gasteiger charge is 2.12. The molecule has 16 heavy (non-hydrogen) atoms. The Kier molecular flexibility index (Phi) is 4.85. The zero-order valence-electron chi connectivity index (χ0n) is 10.2. The Morgan fingerprint density at radius 1 is 1.25 bits per heavy atom. The molecule has 0 bridgehead atoms. The summed E-state index contributed by atoms with van der Waals surface area (Å²) in [6.07, 6.45) is 1.44. The van der Waals surface area contributed by atoms with Crippen molar-refractivity contribution in [3.05, 3.63) is 29.8 Å². The molecule has 0 saturated heterocycles. The molecule has 0 heterocycles. The van der Waals surface area contributed by atoms with Crippen molar-refractivity contribution in [2.75, 3.05) is 0 Å². The highest BCUT2D eigenvalue weighted by molar-refractivity contribution is 5.36. The van der Waals surface area contributed by atoms with Crippen LogP contribution in [-0.2, 0) is 0 Å². The summed E-state index contributed by atoms with van der Waals surface area (Å²) in [5, 5.41) is 8.90. The smallest absolute Gasteiger partial charge is 0.184 e. The molecule has 0 radical (unpaired) electrons. The van der Waals surface area contributed by atoms with E-state index in [9.17, 15) is 0 Å². The van der Waals surface area contributed by atoms with Gasteiger partial charge in [-0.3, -0.25) is 0 Å². The van der Waals surface area contributed by atoms with Gasteiger partial charge in [0.2, 0.25) is 0 Å². The van der Waals surface area contributed by atoms with Crippen LogP contribution < -0.4 is 4.74 Å². The van der Waals surface area contributed by atoms with Crippen molar-refractivity contribution in [1.29, 1.82) is 5.26 Å². The van der Waals surface area contributed by atoms with E-state index in [0.29, 0.717) is 12.3 Å². The van der Waals surface area contributed by atoms with Crippen molar-refractivity contribution in [2.24, 2.45) is 0 Å². The van der Waals surface area contributed by atoms with Crippen molar-refractivity contribution in [3.8, 4) is 11.8 Å². The first-order valence-corrected chi connectivity index (χ1v) is 5.88. The van der Waals surface area contributed by atoms with Gasteiger partial charge in [0.15, 0.2) is 6.10 Å². The zero-order valence-corrected chi connectivity index (χ0v) is 10.2. The lowest BCUT2D eigenvalue weighted by Gasteiger charge is -2.17. The second-order valence-corrected chi connectivity index (χ2v) is 3.99. The van der Waals surface area contributed by atoms with Crippen LogP contribution in [0.4, 0.5) is 0 Å². The number of benzene rings is 1. The lowest BCUT2D eigenvalue weighted by Crippen LogP contribution is -2.13. The lowest BCUT2D eigenvalue weighted by molar-refractivity contribution is 0.248. The van der Waals surface area contributed by atoms with Crippen molar-refractivity contribution in [2.45, 2.75) is 45.6 Å². The summed E-state index contributed by atoms with van der Waals surface area (Å²) < 4.78 is 5.71. The molecule has 0 spiro atoms. The van der Waals surface area contributed by atoms with Gasteiger partial charge in [0, 0.05) is 0 Å². The maximum absolute atomic E-state index is 8.90. The van der Waals surface area contributed by atoms with Crippen LogP contribution in [0.25, 0.3) is 0 Å². The first-order chi connectivity index (χ1) is 7.72. The summed E-state index contributed by atoms with van der Waals surface area (Å²) in [6, 6.07) is 10.2. The minimum atomic E-state index is -0.342. The highest BCUT2D eigenvalue weighted by atomic mass is 16.5. The van der Waals surface area contributed by atoms with Gasteiger partial charge >= 0.3 is 0 Å². The molecule has 1 aromatic rings. The molecule has 2 nitrogen and oxygen atoms in total. The molecular formula is C14H19NO. The van der Waals surface area contributed by atoms with Crippen molar-refractivity contribution < 1.29 is 4.74 Å². The molecule has 0 aliphatic heterocycles. The number of hydrogen-bond acceptors (Lipinski definition) is 2. The summed E-state index contributed by atoms with van der Waals surface area (Å²) >= 11 is 0. The van der Waals surface area contributed by atoms with Crippen LogP contribution in [0.2, 0.25) is 0 Å². The molecule has 0 amide bonds. The molecule has 0 aliphatic rings. The van der Waals surface area contributed by atoms with Gasteiger partial charge in [-0.05, 0) is 30.4 Å². The van der Waals surface area contributed by atoms with Crippen LogP contribution in [0.1, 0.15) is 45.1 Å². The highest BCUT2D eigenvalue weighted by Crippen LogP contribution is 2.29. The number of rotatable bonds is 5. The molecular weight excluding hydrogens is 198 g/mol. The van der Waals surface area contributed by atoms with Gasteiger partial charge in [0.05, 0.1) is 0 Å². The van der Waals surface area contributed by atoms with E-state index in [1.165, 1.54) is 5.56 Å². The van der Waals surface area contributed by atoms with Crippen LogP contribution in [0, 0.1) is 11.3 Å². The molecule has 1 rings (SSSR count). The molecule has 86 valence electrons. The largest absolute Gasteiger partial charge is 0.475 e. The Hall–Kier alpha value is -1.49. The average Bonchev–Trinajstić information content (AvgIpc) is 2.35. The zero-order chi connectivity index (χ0) is 12.0. The van der Waals surface area contributed by atoms with Crippen LogP contribution in [0.3, 0.4) is 0 Å². The second-order valence-electron chi connectivity index (χ2n) is 3.99. The molecule has 0 fully saturated rings. The molecule has 1 aromatic carbocycles. The predicted molar refractivity (Wildman–Crippen MR) is 65.5 cm³/mol. The number of ether oxygens (including phenoxy) is 1. The van der Waals surface area contributed by atoms with Crippen LogP contribution in [0.15, 0.2) is 24.3 Å². The second kappa shape index (κ2) is 6.17. The maximum atomic E-state index is 8.90. The van der Waals surface area contributed by atoms with E-state index in [0.717, 1.165) is 12.2 Å². The molecule has 0 aliphatic carbocycles. The van der Waals surface area contributed by atoms with Gasteiger partial charge in [-0.2, -0.15) is 5.26 Å². The fourth-order valence-electron chi connectivity index (χ4n) is 1.57. The van der Waals surface area contributed by atoms with Gasteiger partial charge in [-0.1, -0.05) is 39.0 Å². The lowest BCUT2D eigenvalue weighted by atomic mass is 9.98. The topological polar surface area (TPSA) is 33.0 Å². The van der Waals surface area contributed by atoms with E-state index >= 15 is 0 Å². The Morgan fingerprint density at radius 2 is 1.94 bits per heavy atom. The molecule has 0 saturated carbocycles. The maximum Gasteiger partial charge on any atom is 0.184 e. The summed E-state index contributed by atoms with van der Waals surface area (Å²) in [5.74, 6) is 1.32. The average molecular weight is 217 g/mol. The SMILES string of the molecule is CCC(C#N)Oc1ccccc1C(C)CC. The van der Waals surface area contributed by atoms with Crippen molar-refractivity contribution in [1.82, 2.24) is 0 Å². The standard InChI is InChI=1S/C14H19NO/c1-4-11(3)13-8-6-7-9-14(13)16-12(5-2)10-15/h6-9,11-12H,4-5H2,1-3H3. The number of para-hydroxylation sites is 1. The fourth-order valence-corrected chi connectivity index (χ4v) is 1.57. The molecule has 0 N–H and O–H groups in total. The third-order valence-electron chi connectivity index (χ3n) is 2.85. The Morgan fingerprint density at radius 3 is 2.50 bits per heavy atom. The summed E-state index contributed by atoms with van der Waals surface area (Å²) in [7, 11) is 0. The van der Waals surface area contributed by atoms with E-state index in [2.05, 4.69) is 26.0 Å². The third kappa shape index (κ3) is 3.00. The number of nitriles is 1. The Labute approximate surface area is 97.9 Å². The van der Waals surface area contributed by atoms with Crippen molar-refractivity contribution in [3.63, 3.8) is 0 Å². The van der Waals surface area contributed by atoms with E-state index in [-0.39, 0.29) is 6.10 Å². The predicted octanol–water partition coefficient (Wildman–Crippen LogP) is 3.88. The van der Waals surface area contributed by atoms with E-state index in [1.54, 1.807) is 0 Å². The van der Waals surface area contributed by atoms with Crippen LogP contribution in [0.5, 0.6) is 5.75 Å². The number of hydrogen-bond donors (Lipinski definition) is 0. The minimum absolute atomic E-state index is 0.342. The fraction of sp³-hybridized carbons (Fsp3) is 0.500. The first kappa shape index (κ1) is 12.6. The summed E-state index contributed by atoms with van der Waals surface area (Å²) in [6.45, 7) is 6.29. The molecule has 0 aromatic heterocycles. The van der Waals surface area contributed by atoms with Crippen LogP contribution >= 0.6 is 0 Å². The third-order valence-corrected chi connectivity index (χ3v) is 2.85. The first-order valence-electron chi connectivity index (χ1n) is 5.88.